The number of esters is 1. The van der Waals surface area contributed by atoms with Crippen molar-refractivity contribution in [3.05, 3.63) is 60.0 Å². The van der Waals surface area contributed by atoms with Gasteiger partial charge in [0.15, 0.2) is 5.82 Å². The Balaban J connectivity index is 1.28. The lowest BCUT2D eigenvalue weighted by atomic mass is 10.2. The van der Waals surface area contributed by atoms with Crippen molar-refractivity contribution in [1.29, 1.82) is 0 Å². The highest BCUT2D eigenvalue weighted by Gasteiger charge is 2.21. The molecule has 1 aliphatic heterocycles. The van der Waals surface area contributed by atoms with Gasteiger partial charge in [-0.1, -0.05) is 0 Å². The van der Waals surface area contributed by atoms with Crippen LogP contribution in [0.1, 0.15) is 17.7 Å². The number of carbonyl (C=O) groups excluding carboxylic acids is 1. The van der Waals surface area contributed by atoms with Crippen LogP contribution >= 0.6 is 0 Å². The molecule has 1 aromatic carbocycles. The summed E-state index contributed by atoms with van der Waals surface area (Å²) >= 11 is 0. The van der Waals surface area contributed by atoms with Crippen molar-refractivity contribution in [2.24, 2.45) is 0 Å². The summed E-state index contributed by atoms with van der Waals surface area (Å²) in [5, 5.41) is 3.53. The zero-order valence-electron chi connectivity index (χ0n) is 18.8. The van der Waals surface area contributed by atoms with Gasteiger partial charge in [0.2, 0.25) is 0 Å². The number of hydrogen-bond donors (Lipinski definition) is 1. The van der Waals surface area contributed by atoms with E-state index in [2.05, 4.69) is 44.4 Å². The molecule has 0 saturated carbocycles. The maximum Gasteiger partial charge on any atom is 0.319 e. The molecule has 2 aliphatic rings. The molecule has 1 fully saturated rings. The molecule has 0 spiro atoms. The van der Waals surface area contributed by atoms with Crippen LogP contribution in [0.15, 0.2) is 48.8 Å². The van der Waals surface area contributed by atoms with E-state index in [4.69, 9.17) is 14.7 Å². The number of nitrogens with one attached hydrogen (secondary N) is 1. The minimum absolute atomic E-state index is 0.179. The molecule has 0 amide bonds. The summed E-state index contributed by atoms with van der Waals surface area (Å²) in [5.74, 6) is 1.46. The number of fused-ring (bicyclic) bond motifs is 1. The zero-order valence-corrected chi connectivity index (χ0v) is 18.8. The van der Waals surface area contributed by atoms with Gasteiger partial charge in [0.1, 0.15) is 5.82 Å². The minimum Gasteiger partial charge on any atom is -0.468 e. The van der Waals surface area contributed by atoms with Crippen molar-refractivity contribution >= 4 is 23.2 Å². The average molecular weight is 445 g/mol. The summed E-state index contributed by atoms with van der Waals surface area (Å²) < 4.78 is 4.77. The molecule has 8 heteroatoms. The SMILES string of the molecule is COC(=O)CN1CCN(c2ccc(Nc3nc(-c4ccncc4)nc4c3CCC4)cc2)CC1. The molecule has 0 radical (unpaired) electrons. The first kappa shape index (κ1) is 21.3. The van der Waals surface area contributed by atoms with E-state index in [0.717, 1.165) is 74.0 Å². The Kier molecular flexibility index (Phi) is 6.17. The van der Waals surface area contributed by atoms with Crippen molar-refractivity contribution in [3.63, 3.8) is 0 Å². The molecule has 1 aliphatic carbocycles. The molecule has 0 atom stereocenters. The highest BCUT2D eigenvalue weighted by molar-refractivity contribution is 5.71. The lowest BCUT2D eigenvalue weighted by Crippen LogP contribution is -2.48. The first-order chi connectivity index (χ1) is 16.2. The van der Waals surface area contributed by atoms with Gasteiger partial charge >= 0.3 is 5.97 Å². The molecule has 33 heavy (non-hydrogen) atoms. The Morgan fingerprint density at radius 2 is 1.76 bits per heavy atom. The fraction of sp³-hybridized carbons (Fsp3) is 0.360. The molecular weight excluding hydrogens is 416 g/mol. The van der Waals surface area contributed by atoms with Crippen LogP contribution in [0, 0.1) is 0 Å². The Labute approximate surface area is 193 Å². The number of rotatable bonds is 6. The third-order valence-corrected chi connectivity index (χ3v) is 6.32. The van der Waals surface area contributed by atoms with Crippen molar-refractivity contribution in [2.75, 3.05) is 50.1 Å². The molecule has 8 nitrogen and oxygen atoms in total. The monoisotopic (exact) mass is 444 g/mol. The van der Waals surface area contributed by atoms with Crippen molar-refractivity contribution < 1.29 is 9.53 Å². The van der Waals surface area contributed by atoms with E-state index in [1.807, 2.05) is 12.1 Å². The second-order valence-corrected chi connectivity index (χ2v) is 8.42. The van der Waals surface area contributed by atoms with Gasteiger partial charge in [-0.15, -0.1) is 0 Å². The number of methoxy groups -OCH3 is 1. The molecule has 1 N–H and O–H groups in total. The van der Waals surface area contributed by atoms with Crippen LogP contribution in [0.2, 0.25) is 0 Å². The van der Waals surface area contributed by atoms with Crippen molar-refractivity contribution in [3.8, 4) is 11.4 Å². The van der Waals surface area contributed by atoms with Gasteiger partial charge in [-0.25, -0.2) is 9.97 Å². The number of aryl methyl sites for hydroxylation is 1. The maximum atomic E-state index is 11.5. The second kappa shape index (κ2) is 9.54. The number of benzene rings is 1. The van der Waals surface area contributed by atoms with Gasteiger partial charge in [0, 0.05) is 66.8 Å². The lowest BCUT2D eigenvalue weighted by Gasteiger charge is -2.35. The Bertz CT molecular complexity index is 1110. The van der Waals surface area contributed by atoms with E-state index < -0.39 is 0 Å². The van der Waals surface area contributed by atoms with Crippen molar-refractivity contribution in [2.45, 2.75) is 19.3 Å². The van der Waals surface area contributed by atoms with Crippen LogP contribution in [0.4, 0.5) is 17.2 Å². The molecule has 0 unspecified atom stereocenters. The highest BCUT2D eigenvalue weighted by atomic mass is 16.5. The number of ether oxygens (including phenoxy) is 1. The van der Waals surface area contributed by atoms with Crippen LogP contribution in [0.25, 0.3) is 11.4 Å². The summed E-state index contributed by atoms with van der Waals surface area (Å²) in [5.41, 5.74) is 5.53. The largest absolute Gasteiger partial charge is 0.468 e. The van der Waals surface area contributed by atoms with E-state index in [0.29, 0.717) is 6.54 Å². The number of carbonyl (C=O) groups is 1. The van der Waals surface area contributed by atoms with Crippen LogP contribution in [-0.4, -0.2) is 65.7 Å². The summed E-state index contributed by atoms with van der Waals surface area (Å²) in [6.07, 6.45) is 6.65. The number of nitrogens with zero attached hydrogens (tertiary/aromatic N) is 5. The van der Waals surface area contributed by atoms with E-state index >= 15 is 0 Å². The molecule has 1 saturated heterocycles. The lowest BCUT2D eigenvalue weighted by molar-refractivity contribution is -0.142. The molecule has 5 rings (SSSR count). The molecule has 2 aromatic heterocycles. The fourth-order valence-electron chi connectivity index (χ4n) is 4.47. The Morgan fingerprint density at radius 1 is 1.00 bits per heavy atom. The fourth-order valence-corrected chi connectivity index (χ4v) is 4.47. The van der Waals surface area contributed by atoms with Gasteiger partial charge in [-0.05, 0) is 55.7 Å². The van der Waals surface area contributed by atoms with Crippen LogP contribution in [-0.2, 0) is 22.4 Å². The highest BCUT2D eigenvalue weighted by Crippen LogP contribution is 2.31. The Hall–Kier alpha value is -3.52. The number of hydrogen-bond acceptors (Lipinski definition) is 8. The predicted molar refractivity (Wildman–Crippen MR) is 128 cm³/mol. The van der Waals surface area contributed by atoms with Gasteiger partial charge < -0.3 is 15.0 Å². The average Bonchev–Trinajstić information content (AvgIpc) is 3.35. The molecular formula is C25H28N6O2. The predicted octanol–water partition coefficient (Wildman–Crippen LogP) is 3.07. The van der Waals surface area contributed by atoms with Crippen LogP contribution in [0.3, 0.4) is 0 Å². The summed E-state index contributed by atoms with van der Waals surface area (Å²) in [4.78, 5) is 29.7. The normalized spacial score (nSPS) is 15.8. The number of anilines is 3. The quantitative estimate of drug-likeness (QED) is 0.581. The topological polar surface area (TPSA) is 83.5 Å². The number of piperazine rings is 1. The van der Waals surface area contributed by atoms with Crippen molar-refractivity contribution in [1.82, 2.24) is 19.9 Å². The van der Waals surface area contributed by atoms with Gasteiger partial charge in [0.25, 0.3) is 0 Å². The summed E-state index contributed by atoms with van der Waals surface area (Å²) in [6, 6.07) is 12.4. The van der Waals surface area contributed by atoms with E-state index in [1.165, 1.54) is 18.4 Å². The summed E-state index contributed by atoms with van der Waals surface area (Å²) in [6.45, 7) is 3.83. The van der Waals surface area contributed by atoms with Gasteiger partial charge in [0.05, 0.1) is 13.7 Å². The minimum atomic E-state index is -0.179. The third-order valence-electron chi connectivity index (χ3n) is 6.32. The Morgan fingerprint density at radius 3 is 2.48 bits per heavy atom. The third kappa shape index (κ3) is 4.80. The van der Waals surface area contributed by atoms with Gasteiger partial charge in [-0.2, -0.15) is 0 Å². The smallest absolute Gasteiger partial charge is 0.319 e. The molecule has 170 valence electrons. The first-order valence-electron chi connectivity index (χ1n) is 11.4. The van der Waals surface area contributed by atoms with E-state index in [-0.39, 0.29) is 5.97 Å². The second-order valence-electron chi connectivity index (χ2n) is 8.42. The first-order valence-corrected chi connectivity index (χ1v) is 11.4. The van der Waals surface area contributed by atoms with Crippen LogP contribution < -0.4 is 10.2 Å². The van der Waals surface area contributed by atoms with E-state index in [1.54, 1.807) is 12.4 Å². The van der Waals surface area contributed by atoms with E-state index in [9.17, 15) is 4.79 Å². The number of aromatic nitrogens is 3. The summed E-state index contributed by atoms with van der Waals surface area (Å²) in [7, 11) is 1.43. The molecule has 3 heterocycles. The molecule has 0 bridgehead atoms. The standard InChI is InChI=1S/C25H28N6O2/c1-33-23(32)17-30-13-15-31(16-14-30)20-7-5-19(6-8-20)27-25-21-3-2-4-22(21)28-24(29-25)18-9-11-26-12-10-18/h5-12H,2-4,13-17H2,1H3,(H,27,28,29). The maximum absolute atomic E-state index is 11.5. The number of pyridine rings is 1. The van der Waals surface area contributed by atoms with Crippen LogP contribution in [0.5, 0.6) is 0 Å². The molecule has 3 aromatic rings. The zero-order chi connectivity index (χ0) is 22.6. The van der Waals surface area contributed by atoms with Gasteiger partial charge in [-0.3, -0.25) is 14.7 Å².